The minimum atomic E-state index is -0.236. The van der Waals surface area contributed by atoms with Crippen LogP contribution in [-0.4, -0.2) is 13.0 Å². The first-order valence-corrected chi connectivity index (χ1v) is 5.43. The fourth-order valence-electron chi connectivity index (χ4n) is 1.57. The van der Waals surface area contributed by atoms with E-state index in [1.165, 1.54) is 7.11 Å². The van der Waals surface area contributed by atoms with Gasteiger partial charge in [-0.25, -0.2) is 0 Å². The zero-order valence-corrected chi connectivity index (χ0v) is 9.97. The van der Waals surface area contributed by atoms with E-state index >= 15 is 0 Å². The van der Waals surface area contributed by atoms with Gasteiger partial charge in [0.25, 0.3) is 5.91 Å². The molecule has 1 amide bonds. The molecule has 18 heavy (non-hydrogen) atoms. The molecule has 1 aromatic carbocycles. The van der Waals surface area contributed by atoms with Gasteiger partial charge in [-0.3, -0.25) is 4.79 Å². The van der Waals surface area contributed by atoms with E-state index in [1.54, 1.807) is 36.8 Å². The predicted molar refractivity (Wildman–Crippen MR) is 67.3 cm³/mol. The van der Waals surface area contributed by atoms with Gasteiger partial charge in [0.1, 0.15) is 5.75 Å². The van der Waals surface area contributed by atoms with Crippen molar-refractivity contribution in [1.29, 1.82) is 0 Å². The van der Waals surface area contributed by atoms with Crippen molar-refractivity contribution in [3.05, 3.63) is 47.9 Å². The molecule has 5 heteroatoms. The standard InChI is InChI=1S/C13H14N2O3/c1-17-12-3-2-10(14)6-11(12)13(16)15-7-9-4-5-18-8-9/h2-6,8H,7,14H2,1H3,(H,15,16). The number of nitrogen functional groups attached to an aromatic ring is 1. The van der Waals surface area contributed by atoms with Crippen LogP contribution in [0.5, 0.6) is 5.75 Å². The average molecular weight is 246 g/mol. The molecule has 0 fully saturated rings. The Balaban J connectivity index is 2.10. The number of carbonyl (C=O) groups is 1. The lowest BCUT2D eigenvalue weighted by Crippen LogP contribution is -2.23. The lowest BCUT2D eigenvalue weighted by molar-refractivity contribution is 0.0948. The first-order chi connectivity index (χ1) is 8.70. The van der Waals surface area contributed by atoms with E-state index in [-0.39, 0.29) is 5.91 Å². The molecule has 0 aliphatic heterocycles. The van der Waals surface area contributed by atoms with Crippen molar-refractivity contribution in [3.8, 4) is 5.75 Å². The van der Waals surface area contributed by atoms with Crippen LogP contribution >= 0.6 is 0 Å². The SMILES string of the molecule is COc1ccc(N)cc1C(=O)NCc1ccoc1. The van der Waals surface area contributed by atoms with Crippen molar-refractivity contribution in [3.63, 3.8) is 0 Å². The van der Waals surface area contributed by atoms with Crippen LogP contribution in [0.25, 0.3) is 0 Å². The van der Waals surface area contributed by atoms with E-state index < -0.39 is 0 Å². The summed E-state index contributed by atoms with van der Waals surface area (Å²) in [4.78, 5) is 12.0. The van der Waals surface area contributed by atoms with Gasteiger partial charge in [0.15, 0.2) is 0 Å². The smallest absolute Gasteiger partial charge is 0.255 e. The highest BCUT2D eigenvalue weighted by atomic mass is 16.5. The Kier molecular flexibility index (Phi) is 3.52. The molecule has 0 unspecified atom stereocenters. The highest BCUT2D eigenvalue weighted by molar-refractivity contribution is 5.97. The Morgan fingerprint density at radius 1 is 1.44 bits per heavy atom. The number of rotatable bonds is 4. The number of benzene rings is 1. The van der Waals surface area contributed by atoms with Crippen molar-refractivity contribution in [2.45, 2.75) is 6.54 Å². The molecule has 1 heterocycles. The number of hydrogen-bond donors (Lipinski definition) is 2. The summed E-state index contributed by atoms with van der Waals surface area (Å²) < 4.78 is 10.0. The Morgan fingerprint density at radius 2 is 2.28 bits per heavy atom. The first kappa shape index (κ1) is 12.0. The van der Waals surface area contributed by atoms with E-state index in [9.17, 15) is 4.79 Å². The number of methoxy groups -OCH3 is 1. The van der Waals surface area contributed by atoms with Crippen LogP contribution in [0.3, 0.4) is 0 Å². The molecule has 0 aliphatic rings. The first-order valence-electron chi connectivity index (χ1n) is 5.43. The summed E-state index contributed by atoms with van der Waals surface area (Å²) in [7, 11) is 1.51. The third-order valence-electron chi connectivity index (χ3n) is 2.50. The van der Waals surface area contributed by atoms with E-state index in [0.29, 0.717) is 23.5 Å². The summed E-state index contributed by atoms with van der Waals surface area (Å²) in [5, 5.41) is 2.77. The van der Waals surface area contributed by atoms with Gasteiger partial charge in [-0.2, -0.15) is 0 Å². The van der Waals surface area contributed by atoms with E-state index in [4.69, 9.17) is 14.9 Å². The van der Waals surface area contributed by atoms with Gasteiger partial charge in [-0.05, 0) is 24.3 Å². The number of nitrogens with two attached hydrogens (primary N) is 1. The average Bonchev–Trinajstić information content (AvgIpc) is 2.89. The number of amides is 1. The van der Waals surface area contributed by atoms with Crippen molar-refractivity contribution in [2.24, 2.45) is 0 Å². The highest BCUT2D eigenvalue weighted by Gasteiger charge is 2.12. The van der Waals surface area contributed by atoms with E-state index in [2.05, 4.69) is 5.32 Å². The Labute approximate surface area is 105 Å². The molecule has 1 aromatic heterocycles. The Morgan fingerprint density at radius 3 is 2.94 bits per heavy atom. The maximum absolute atomic E-state index is 12.0. The number of anilines is 1. The zero-order valence-electron chi connectivity index (χ0n) is 9.97. The third kappa shape index (κ3) is 2.63. The molecule has 2 aromatic rings. The summed E-state index contributed by atoms with van der Waals surface area (Å²) in [5.74, 6) is 0.259. The van der Waals surface area contributed by atoms with Crippen LogP contribution in [0.15, 0.2) is 41.2 Å². The minimum absolute atomic E-state index is 0.236. The molecule has 0 radical (unpaired) electrons. The molecule has 0 spiro atoms. The van der Waals surface area contributed by atoms with Gasteiger partial charge in [-0.1, -0.05) is 0 Å². The number of hydrogen-bond acceptors (Lipinski definition) is 4. The van der Waals surface area contributed by atoms with E-state index in [1.807, 2.05) is 0 Å². The zero-order chi connectivity index (χ0) is 13.0. The number of carbonyl (C=O) groups excluding carboxylic acids is 1. The lowest BCUT2D eigenvalue weighted by Gasteiger charge is -2.09. The van der Waals surface area contributed by atoms with Crippen molar-refractivity contribution in [1.82, 2.24) is 5.32 Å². The normalized spacial score (nSPS) is 10.1. The summed E-state index contributed by atoms with van der Waals surface area (Å²) in [6.07, 6.45) is 3.14. The molecule has 0 aliphatic carbocycles. The quantitative estimate of drug-likeness (QED) is 0.806. The van der Waals surface area contributed by atoms with Crippen LogP contribution in [0.4, 0.5) is 5.69 Å². The van der Waals surface area contributed by atoms with Gasteiger partial charge in [-0.15, -0.1) is 0 Å². The summed E-state index contributed by atoms with van der Waals surface area (Å²) in [6.45, 7) is 0.396. The van der Waals surface area contributed by atoms with Crippen LogP contribution < -0.4 is 15.8 Å². The molecule has 0 saturated carbocycles. The highest BCUT2D eigenvalue weighted by Crippen LogP contribution is 2.20. The molecule has 3 N–H and O–H groups in total. The molecular weight excluding hydrogens is 232 g/mol. The topological polar surface area (TPSA) is 77.5 Å². The van der Waals surface area contributed by atoms with Gasteiger partial charge >= 0.3 is 0 Å². The second-order valence-corrected chi connectivity index (χ2v) is 3.77. The molecular formula is C13H14N2O3. The monoisotopic (exact) mass is 246 g/mol. The van der Waals surface area contributed by atoms with E-state index in [0.717, 1.165) is 5.56 Å². The van der Waals surface area contributed by atoms with Crippen molar-refractivity contribution in [2.75, 3.05) is 12.8 Å². The van der Waals surface area contributed by atoms with Gasteiger partial charge in [0.2, 0.25) is 0 Å². The van der Waals surface area contributed by atoms with Crippen LogP contribution in [0, 0.1) is 0 Å². The summed E-state index contributed by atoms with van der Waals surface area (Å²) in [5.41, 5.74) is 7.49. The molecule has 0 bridgehead atoms. The van der Waals surface area contributed by atoms with Crippen LogP contribution in [0.1, 0.15) is 15.9 Å². The fourth-order valence-corrected chi connectivity index (χ4v) is 1.57. The van der Waals surface area contributed by atoms with Crippen LogP contribution in [-0.2, 0) is 6.54 Å². The van der Waals surface area contributed by atoms with Crippen LogP contribution in [0.2, 0.25) is 0 Å². The van der Waals surface area contributed by atoms with Gasteiger partial charge < -0.3 is 20.2 Å². The Bertz CT molecular complexity index is 535. The maximum Gasteiger partial charge on any atom is 0.255 e. The van der Waals surface area contributed by atoms with Crippen molar-refractivity contribution < 1.29 is 13.9 Å². The summed E-state index contributed by atoms with van der Waals surface area (Å²) >= 11 is 0. The number of ether oxygens (including phenoxy) is 1. The molecule has 2 rings (SSSR count). The molecule has 5 nitrogen and oxygen atoms in total. The Hall–Kier alpha value is -2.43. The third-order valence-corrected chi connectivity index (χ3v) is 2.50. The maximum atomic E-state index is 12.0. The fraction of sp³-hybridized carbons (Fsp3) is 0.154. The molecule has 0 atom stereocenters. The predicted octanol–water partition coefficient (Wildman–Crippen LogP) is 1.80. The molecule has 94 valence electrons. The van der Waals surface area contributed by atoms with Gasteiger partial charge in [0.05, 0.1) is 25.2 Å². The van der Waals surface area contributed by atoms with Crippen molar-refractivity contribution >= 4 is 11.6 Å². The minimum Gasteiger partial charge on any atom is -0.496 e. The molecule has 0 saturated heterocycles. The largest absolute Gasteiger partial charge is 0.496 e. The number of nitrogens with one attached hydrogen (secondary N) is 1. The summed E-state index contributed by atoms with van der Waals surface area (Å²) in [6, 6.07) is 6.73. The second-order valence-electron chi connectivity index (χ2n) is 3.77. The number of furan rings is 1. The second kappa shape index (κ2) is 5.27. The van der Waals surface area contributed by atoms with Gasteiger partial charge in [0, 0.05) is 17.8 Å². The lowest BCUT2D eigenvalue weighted by atomic mass is 10.1.